The Labute approximate surface area is 126 Å². The normalized spacial score (nSPS) is 12.2. The Morgan fingerprint density at radius 2 is 2.00 bits per heavy atom. The smallest absolute Gasteiger partial charge is 0.255 e. The highest BCUT2D eigenvalue weighted by Crippen LogP contribution is 2.32. The Balaban J connectivity index is 1.70. The number of fused-ring (bicyclic) bond motifs is 1. The van der Waals surface area contributed by atoms with Gasteiger partial charge in [-0.1, -0.05) is 17.7 Å². The van der Waals surface area contributed by atoms with Crippen molar-refractivity contribution in [1.29, 1.82) is 0 Å². The number of hydrogen-bond donors (Lipinski definition) is 2. The quantitative estimate of drug-likeness (QED) is 0.915. The SMILES string of the molecule is O=C(NCc1ccc2c(c1)OCO2)c1cc(Cl)ccc1O. The molecule has 2 aromatic carbocycles. The van der Waals surface area contributed by atoms with E-state index in [-0.39, 0.29) is 18.1 Å². The van der Waals surface area contributed by atoms with E-state index in [4.69, 9.17) is 21.1 Å². The summed E-state index contributed by atoms with van der Waals surface area (Å²) in [7, 11) is 0. The number of nitrogens with one attached hydrogen (secondary N) is 1. The van der Waals surface area contributed by atoms with Crippen molar-refractivity contribution in [2.24, 2.45) is 0 Å². The van der Waals surface area contributed by atoms with Crippen LogP contribution in [0, 0.1) is 0 Å². The lowest BCUT2D eigenvalue weighted by Crippen LogP contribution is -2.22. The number of benzene rings is 2. The van der Waals surface area contributed by atoms with E-state index in [1.54, 1.807) is 12.1 Å². The van der Waals surface area contributed by atoms with Crippen LogP contribution in [0.2, 0.25) is 5.02 Å². The number of phenolic OH excluding ortho intramolecular Hbond substituents is 1. The summed E-state index contributed by atoms with van der Waals surface area (Å²) in [6, 6.07) is 9.77. The number of ether oxygens (including phenoxy) is 2. The van der Waals surface area contributed by atoms with E-state index in [2.05, 4.69) is 5.32 Å². The van der Waals surface area contributed by atoms with Crippen molar-refractivity contribution in [3.63, 3.8) is 0 Å². The van der Waals surface area contributed by atoms with Crippen molar-refractivity contribution in [3.8, 4) is 17.2 Å². The van der Waals surface area contributed by atoms with E-state index in [0.717, 1.165) is 5.56 Å². The first-order chi connectivity index (χ1) is 10.1. The van der Waals surface area contributed by atoms with Crippen LogP contribution in [-0.2, 0) is 6.54 Å². The summed E-state index contributed by atoms with van der Waals surface area (Å²) < 4.78 is 10.5. The maximum Gasteiger partial charge on any atom is 0.255 e. The first-order valence-electron chi connectivity index (χ1n) is 6.29. The van der Waals surface area contributed by atoms with Gasteiger partial charge in [-0.2, -0.15) is 0 Å². The largest absolute Gasteiger partial charge is 0.507 e. The molecule has 0 spiro atoms. The third kappa shape index (κ3) is 2.87. The maximum atomic E-state index is 12.0. The zero-order valence-corrected chi connectivity index (χ0v) is 11.7. The molecule has 5 nitrogen and oxygen atoms in total. The summed E-state index contributed by atoms with van der Waals surface area (Å²) in [6.45, 7) is 0.517. The monoisotopic (exact) mass is 305 g/mol. The topological polar surface area (TPSA) is 67.8 Å². The molecule has 2 aromatic rings. The molecule has 0 fully saturated rings. The molecule has 21 heavy (non-hydrogen) atoms. The van der Waals surface area contributed by atoms with Crippen LogP contribution in [0.15, 0.2) is 36.4 Å². The van der Waals surface area contributed by atoms with Gasteiger partial charge >= 0.3 is 0 Å². The van der Waals surface area contributed by atoms with Gasteiger partial charge in [-0.15, -0.1) is 0 Å². The van der Waals surface area contributed by atoms with Crippen LogP contribution in [-0.4, -0.2) is 17.8 Å². The fourth-order valence-corrected chi connectivity index (χ4v) is 2.19. The minimum Gasteiger partial charge on any atom is -0.507 e. The molecule has 1 heterocycles. The summed E-state index contributed by atoms with van der Waals surface area (Å²) >= 11 is 5.82. The molecule has 0 bridgehead atoms. The highest BCUT2D eigenvalue weighted by molar-refractivity contribution is 6.31. The number of aromatic hydroxyl groups is 1. The molecule has 0 saturated heterocycles. The van der Waals surface area contributed by atoms with Crippen LogP contribution in [0.3, 0.4) is 0 Å². The molecule has 1 aliphatic heterocycles. The van der Waals surface area contributed by atoms with Crippen molar-refractivity contribution in [1.82, 2.24) is 5.32 Å². The van der Waals surface area contributed by atoms with Gasteiger partial charge in [-0.25, -0.2) is 0 Å². The lowest BCUT2D eigenvalue weighted by molar-refractivity contribution is 0.0948. The van der Waals surface area contributed by atoms with Crippen molar-refractivity contribution >= 4 is 17.5 Å². The number of carbonyl (C=O) groups excluding carboxylic acids is 1. The molecule has 6 heteroatoms. The van der Waals surface area contributed by atoms with E-state index < -0.39 is 5.91 Å². The van der Waals surface area contributed by atoms with Gasteiger partial charge < -0.3 is 19.9 Å². The fourth-order valence-electron chi connectivity index (χ4n) is 2.02. The zero-order valence-electron chi connectivity index (χ0n) is 10.9. The molecule has 0 atom stereocenters. The fraction of sp³-hybridized carbons (Fsp3) is 0.133. The Hall–Kier alpha value is -2.40. The number of rotatable bonds is 3. The summed E-state index contributed by atoms with van der Waals surface area (Å²) in [5.74, 6) is 0.847. The van der Waals surface area contributed by atoms with Crippen LogP contribution in [0.25, 0.3) is 0 Å². The summed E-state index contributed by atoms with van der Waals surface area (Å²) in [4.78, 5) is 12.0. The molecule has 0 aliphatic carbocycles. The van der Waals surface area contributed by atoms with Crippen molar-refractivity contribution in [3.05, 3.63) is 52.5 Å². The van der Waals surface area contributed by atoms with E-state index in [1.165, 1.54) is 18.2 Å². The zero-order chi connectivity index (χ0) is 14.8. The molecule has 0 aromatic heterocycles. The highest BCUT2D eigenvalue weighted by Gasteiger charge is 2.15. The maximum absolute atomic E-state index is 12.0. The second kappa shape index (κ2) is 5.54. The number of phenols is 1. The molecule has 0 saturated carbocycles. The van der Waals surface area contributed by atoms with Gasteiger partial charge in [0.05, 0.1) is 5.56 Å². The molecule has 108 valence electrons. The predicted molar refractivity (Wildman–Crippen MR) is 76.9 cm³/mol. The number of halogens is 1. The second-order valence-corrected chi connectivity index (χ2v) is 4.97. The minimum absolute atomic E-state index is 0.109. The summed E-state index contributed by atoms with van der Waals surface area (Å²) in [5, 5.41) is 12.8. The van der Waals surface area contributed by atoms with Crippen LogP contribution in [0.1, 0.15) is 15.9 Å². The predicted octanol–water partition coefficient (Wildman–Crippen LogP) is 2.70. The third-order valence-corrected chi connectivity index (χ3v) is 3.33. The van der Waals surface area contributed by atoms with E-state index in [9.17, 15) is 9.90 Å². The lowest BCUT2D eigenvalue weighted by atomic mass is 10.1. The van der Waals surface area contributed by atoms with Crippen molar-refractivity contribution in [2.45, 2.75) is 6.54 Å². The summed E-state index contributed by atoms with van der Waals surface area (Å²) in [5.41, 5.74) is 1.01. The Morgan fingerprint density at radius 3 is 2.86 bits per heavy atom. The molecule has 1 aliphatic rings. The van der Waals surface area contributed by atoms with Gasteiger partial charge in [0.15, 0.2) is 11.5 Å². The Morgan fingerprint density at radius 1 is 1.19 bits per heavy atom. The number of carbonyl (C=O) groups is 1. The first-order valence-corrected chi connectivity index (χ1v) is 6.66. The summed E-state index contributed by atoms with van der Waals surface area (Å²) in [6.07, 6.45) is 0. The molecule has 0 unspecified atom stereocenters. The molecular weight excluding hydrogens is 294 g/mol. The molecular formula is C15H12ClNO4. The molecule has 0 radical (unpaired) electrons. The Kier molecular flexibility index (Phi) is 3.58. The van der Waals surface area contributed by atoms with Gasteiger partial charge in [0, 0.05) is 11.6 Å². The number of amides is 1. The van der Waals surface area contributed by atoms with Crippen LogP contribution >= 0.6 is 11.6 Å². The average molecular weight is 306 g/mol. The third-order valence-electron chi connectivity index (χ3n) is 3.09. The molecule has 3 rings (SSSR count). The highest BCUT2D eigenvalue weighted by atomic mass is 35.5. The van der Waals surface area contributed by atoms with E-state index >= 15 is 0 Å². The number of hydrogen-bond acceptors (Lipinski definition) is 4. The second-order valence-electron chi connectivity index (χ2n) is 4.53. The van der Waals surface area contributed by atoms with Crippen LogP contribution in [0.5, 0.6) is 17.2 Å². The van der Waals surface area contributed by atoms with Gasteiger partial charge in [0.1, 0.15) is 5.75 Å². The van der Waals surface area contributed by atoms with Gasteiger partial charge in [-0.05, 0) is 35.9 Å². The lowest BCUT2D eigenvalue weighted by Gasteiger charge is -2.08. The van der Waals surface area contributed by atoms with Crippen molar-refractivity contribution < 1.29 is 19.4 Å². The Bertz CT molecular complexity index is 702. The first kappa shape index (κ1) is 13.6. The standard InChI is InChI=1S/C15H12ClNO4/c16-10-2-3-12(18)11(6-10)15(19)17-7-9-1-4-13-14(5-9)21-8-20-13/h1-6,18H,7-8H2,(H,17,19). The van der Waals surface area contributed by atoms with Gasteiger partial charge in [0.2, 0.25) is 6.79 Å². The van der Waals surface area contributed by atoms with E-state index in [0.29, 0.717) is 23.1 Å². The van der Waals surface area contributed by atoms with Crippen LogP contribution < -0.4 is 14.8 Å². The van der Waals surface area contributed by atoms with Gasteiger partial charge in [0.25, 0.3) is 5.91 Å². The van der Waals surface area contributed by atoms with E-state index in [1.807, 2.05) is 6.07 Å². The van der Waals surface area contributed by atoms with Gasteiger partial charge in [-0.3, -0.25) is 4.79 Å². The van der Waals surface area contributed by atoms with Crippen LogP contribution in [0.4, 0.5) is 0 Å². The average Bonchev–Trinajstić information content (AvgIpc) is 2.94. The minimum atomic E-state index is -0.396. The molecule has 1 amide bonds. The molecule has 2 N–H and O–H groups in total. The van der Waals surface area contributed by atoms with Crippen molar-refractivity contribution in [2.75, 3.05) is 6.79 Å².